The van der Waals surface area contributed by atoms with E-state index in [0.29, 0.717) is 48.5 Å². The van der Waals surface area contributed by atoms with Crippen molar-refractivity contribution in [3.63, 3.8) is 0 Å². The number of aryl methyl sites for hydroxylation is 4. The third-order valence-corrected chi connectivity index (χ3v) is 10.2. The Balaban J connectivity index is 0.00000368. The summed E-state index contributed by atoms with van der Waals surface area (Å²) in [5, 5.41) is 0. The number of aromatic nitrogens is 8. The quantitative estimate of drug-likeness (QED) is 0.0878. The lowest BCUT2D eigenvalue weighted by molar-refractivity contribution is -0.931. The van der Waals surface area contributed by atoms with Gasteiger partial charge in [0.2, 0.25) is 0 Å². The lowest BCUT2D eigenvalue weighted by atomic mass is 10.2. The maximum atomic E-state index is 13.2. The average Bonchev–Trinajstić information content (AvgIpc) is 3.61. The number of halogens is 2. The second-order valence-corrected chi connectivity index (χ2v) is 12.2. The molecule has 0 amide bonds. The second-order valence-electron chi connectivity index (χ2n) is 12.2. The van der Waals surface area contributed by atoms with Gasteiger partial charge in [-0.2, -0.15) is 0 Å². The average molecular weight is 775 g/mol. The molecule has 4 heterocycles. The van der Waals surface area contributed by atoms with Crippen LogP contribution >= 0.6 is 0 Å². The molecule has 0 unspecified atom stereocenters. The smallest absolute Gasteiger partial charge is 0.332 e. The van der Waals surface area contributed by atoms with E-state index in [0.717, 1.165) is 61.1 Å². The van der Waals surface area contributed by atoms with Crippen LogP contribution in [0.3, 0.4) is 0 Å². The van der Waals surface area contributed by atoms with Crippen molar-refractivity contribution in [3.8, 4) is 0 Å². The van der Waals surface area contributed by atoms with E-state index < -0.39 is 0 Å². The Morgan fingerprint density at radius 2 is 0.891 bits per heavy atom. The lowest BCUT2D eigenvalue weighted by Crippen LogP contribution is -3.00. The zero-order valence-corrected chi connectivity index (χ0v) is 31.7. The van der Waals surface area contributed by atoms with Crippen molar-refractivity contribution in [1.29, 1.82) is 0 Å². The van der Waals surface area contributed by atoms with Crippen LogP contribution in [-0.4, -0.2) is 98.7 Å². The van der Waals surface area contributed by atoms with Crippen molar-refractivity contribution in [1.82, 2.24) is 37.4 Å². The molecule has 0 N–H and O–H groups in total. The monoisotopic (exact) mass is 772 g/mol. The molecule has 0 spiro atoms. The number of hydrogen-bond donors (Lipinski definition) is 0. The van der Waals surface area contributed by atoms with Gasteiger partial charge in [0.1, 0.15) is 0 Å². The molecule has 0 aliphatic heterocycles. The highest BCUT2D eigenvalue weighted by Crippen LogP contribution is 2.14. The fourth-order valence-electron chi connectivity index (χ4n) is 6.64. The van der Waals surface area contributed by atoms with Crippen LogP contribution in [0.4, 0.5) is 0 Å². The first kappa shape index (κ1) is 39.4. The van der Waals surface area contributed by atoms with Gasteiger partial charge in [0, 0.05) is 41.0 Å². The number of rotatable bonds is 15. The summed E-state index contributed by atoms with van der Waals surface area (Å²) in [7, 11) is 6.86. The summed E-state index contributed by atoms with van der Waals surface area (Å²) < 4.78 is 10.6. The Morgan fingerprint density at radius 3 is 1.20 bits per heavy atom. The van der Waals surface area contributed by atoms with Gasteiger partial charge < -0.3 is 52.1 Å². The van der Waals surface area contributed by atoms with E-state index in [-0.39, 0.29) is 56.5 Å². The number of likely N-dealkylation sites (N-methyl/N-ethyl adjacent to an activating group) is 2. The van der Waals surface area contributed by atoms with Gasteiger partial charge in [-0.1, -0.05) is 0 Å². The third kappa shape index (κ3) is 7.19. The minimum absolute atomic E-state index is 0. The summed E-state index contributed by atoms with van der Waals surface area (Å²) in [5.74, 6) is 0. The van der Waals surface area contributed by atoms with Crippen LogP contribution in [-0.2, 0) is 41.3 Å². The van der Waals surface area contributed by atoms with E-state index in [1.807, 2.05) is 0 Å². The van der Waals surface area contributed by atoms with Gasteiger partial charge in [0.25, 0.3) is 11.1 Å². The molecule has 0 saturated heterocycles. The van der Waals surface area contributed by atoms with E-state index in [4.69, 9.17) is 0 Å². The molecular weight excluding hydrogens is 724 g/mol. The van der Waals surface area contributed by atoms with Gasteiger partial charge in [-0.3, -0.25) is 27.9 Å². The largest absolute Gasteiger partial charge is 1.00 e. The summed E-state index contributed by atoms with van der Waals surface area (Å²) >= 11 is 0. The Morgan fingerprint density at radius 1 is 0.565 bits per heavy atom. The molecule has 16 heteroatoms. The predicted molar refractivity (Wildman–Crippen MR) is 172 cm³/mol. The molecule has 0 aliphatic rings. The van der Waals surface area contributed by atoms with E-state index in [1.165, 1.54) is 18.3 Å². The van der Waals surface area contributed by atoms with Gasteiger partial charge >= 0.3 is 11.4 Å². The minimum Gasteiger partial charge on any atom is -1.00 e. The summed E-state index contributed by atoms with van der Waals surface area (Å²) in [6.45, 7) is 16.3. The Hall–Kier alpha value is -2.82. The van der Waals surface area contributed by atoms with E-state index in [2.05, 4.69) is 37.7 Å². The van der Waals surface area contributed by atoms with Gasteiger partial charge in [0.05, 0.1) is 78.1 Å². The van der Waals surface area contributed by atoms with Crippen LogP contribution in [0, 0.1) is 0 Å². The van der Waals surface area contributed by atoms with Crippen LogP contribution < -0.4 is 56.5 Å². The number of quaternary nitrogens is 2. The predicted octanol–water partition coefficient (Wildman–Crippen LogP) is -5.62. The Kier molecular flexibility index (Phi) is 13.6. The van der Waals surface area contributed by atoms with Crippen LogP contribution in [0.1, 0.15) is 40.5 Å². The molecule has 258 valence electrons. The fourth-order valence-corrected chi connectivity index (χ4v) is 6.64. The van der Waals surface area contributed by atoms with Gasteiger partial charge in [-0.25, -0.2) is 19.6 Å². The zero-order chi connectivity index (χ0) is 32.4. The molecule has 0 bridgehead atoms. The first-order valence-corrected chi connectivity index (χ1v) is 15.8. The molecular formula is C30H50Br2N10O4. The molecule has 46 heavy (non-hydrogen) atoms. The van der Waals surface area contributed by atoms with Gasteiger partial charge in [-0.05, 0) is 27.7 Å². The molecule has 14 nitrogen and oxygen atoms in total. The van der Waals surface area contributed by atoms with Gasteiger partial charge in [0.15, 0.2) is 22.3 Å². The first-order valence-electron chi connectivity index (χ1n) is 15.8. The highest BCUT2D eigenvalue weighted by Gasteiger charge is 2.28. The Bertz CT molecular complexity index is 1740. The summed E-state index contributed by atoms with van der Waals surface area (Å²) in [6.07, 6.45) is 5.13. The van der Waals surface area contributed by atoms with Crippen molar-refractivity contribution < 1.29 is 42.9 Å². The molecule has 0 radical (unpaired) electrons. The van der Waals surface area contributed by atoms with Crippen LogP contribution in [0.5, 0.6) is 0 Å². The van der Waals surface area contributed by atoms with Crippen molar-refractivity contribution in [2.24, 2.45) is 28.2 Å². The normalized spacial score (nSPS) is 12.1. The van der Waals surface area contributed by atoms with Crippen molar-refractivity contribution >= 4 is 22.3 Å². The van der Waals surface area contributed by atoms with E-state index >= 15 is 0 Å². The summed E-state index contributed by atoms with van der Waals surface area (Å²) in [5.41, 5.74) is 0.421. The molecule has 4 rings (SSSR count). The number of fused-ring (bicyclic) bond motifs is 2. The second kappa shape index (κ2) is 15.8. The van der Waals surface area contributed by atoms with E-state index in [1.54, 1.807) is 50.0 Å². The number of imidazole rings is 2. The number of nitrogens with zero attached hydrogens (tertiary/aromatic N) is 10. The SMILES string of the molecule is CC[N+](CC)(CCCC[N+](CC)(CC)CCn1c(=O)c2c(ncn2C)n(C)c1=O)CCn1c(=O)c2c(ncn2C)n(C)c1=O.[Br-].[Br-]. The van der Waals surface area contributed by atoms with Crippen LogP contribution in [0.25, 0.3) is 22.3 Å². The summed E-state index contributed by atoms with van der Waals surface area (Å²) in [4.78, 5) is 61.1. The molecule has 0 saturated carbocycles. The fraction of sp³-hybridized carbons (Fsp3) is 0.667. The highest BCUT2D eigenvalue weighted by atomic mass is 79.9. The molecule has 0 atom stereocenters. The van der Waals surface area contributed by atoms with Crippen LogP contribution in [0.15, 0.2) is 31.8 Å². The van der Waals surface area contributed by atoms with Gasteiger partial charge in [-0.15, -0.1) is 0 Å². The number of hydrogen-bond acceptors (Lipinski definition) is 6. The molecule has 4 aromatic heterocycles. The lowest BCUT2D eigenvalue weighted by Gasteiger charge is -2.39. The summed E-state index contributed by atoms with van der Waals surface area (Å²) in [6, 6.07) is 0. The minimum atomic E-state index is -0.337. The molecule has 0 aliphatic carbocycles. The van der Waals surface area contributed by atoms with Crippen molar-refractivity contribution in [2.45, 2.75) is 53.6 Å². The Labute approximate surface area is 290 Å². The standard InChI is InChI=1S/C30H50N10O4.2BrH/c1-9-39(10-2,19-15-37-27(41)23-25(31-21-33(23)5)35(7)29(37)43)17-13-14-18-40(11-3,12-4)20-16-38-28(42)24-26(32-22-34(24)6)36(8)30(38)44;;/h21-22H,9-20H2,1-8H3;2*1H/q+2;;/p-2. The molecule has 4 aromatic rings. The third-order valence-electron chi connectivity index (χ3n) is 10.2. The maximum Gasteiger partial charge on any atom is 0.332 e. The van der Waals surface area contributed by atoms with E-state index in [9.17, 15) is 19.2 Å². The topological polar surface area (TPSA) is 124 Å². The van der Waals surface area contributed by atoms with Crippen molar-refractivity contribution in [3.05, 3.63) is 54.3 Å². The molecule has 0 aromatic carbocycles. The van der Waals surface area contributed by atoms with Crippen molar-refractivity contribution in [2.75, 3.05) is 52.4 Å². The first-order chi connectivity index (χ1) is 20.9. The number of unbranched alkanes of at least 4 members (excludes halogenated alkanes) is 1. The van der Waals surface area contributed by atoms with Crippen LogP contribution in [0.2, 0.25) is 0 Å². The molecule has 0 fully saturated rings. The highest BCUT2D eigenvalue weighted by molar-refractivity contribution is 5.70. The zero-order valence-electron chi connectivity index (χ0n) is 28.5. The maximum absolute atomic E-state index is 13.2.